The van der Waals surface area contributed by atoms with E-state index >= 15 is 0 Å². The van der Waals surface area contributed by atoms with Gasteiger partial charge in [0, 0.05) is 6.54 Å². The summed E-state index contributed by atoms with van der Waals surface area (Å²) in [5, 5.41) is 5.73. The van der Waals surface area contributed by atoms with Crippen molar-refractivity contribution in [1.29, 1.82) is 0 Å². The van der Waals surface area contributed by atoms with E-state index in [0.717, 1.165) is 11.1 Å². The Morgan fingerprint density at radius 2 is 1.68 bits per heavy atom. The highest BCUT2D eigenvalue weighted by atomic mass is 19.1. The van der Waals surface area contributed by atoms with Crippen LogP contribution in [0.3, 0.4) is 0 Å². The van der Waals surface area contributed by atoms with E-state index in [2.05, 4.69) is 10.6 Å². The monoisotopic (exact) mass is 340 g/mol. The molecule has 0 radical (unpaired) electrons. The highest BCUT2D eigenvalue weighted by Gasteiger charge is 2.56. The quantitative estimate of drug-likeness (QED) is 0.794. The maximum absolute atomic E-state index is 12.9. The molecule has 0 spiro atoms. The molecule has 2 aromatic rings. The van der Waals surface area contributed by atoms with Crippen LogP contribution >= 0.6 is 0 Å². The van der Waals surface area contributed by atoms with Crippen LogP contribution in [0.4, 0.5) is 4.39 Å². The third-order valence-corrected chi connectivity index (χ3v) is 4.63. The molecule has 4 nitrogen and oxygen atoms in total. The van der Waals surface area contributed by atoms with Gasteiger partial charge < -0.3 is 10.6 Å². The molecule has 2 N–H and O–H groups in total. The summed E-state index contributed by atoms with van der Waals surface area (Å²) in [6.07, 6.45) is 1.10. The zero-order valence-corrected chi connectivity index (χ0v) is 14.1. The molecular formula is C20H21FN2O2. The lowest BCUT2D eigenvalue weighted by Crippen LogP contribution is -2.43. The van der Waals surface area contributed by atoms with Gasteiger partial charge in [-0.1, -0.05) is 42.5 Å². The first-order valence-corrected chi connectivity index (χ1v) is 8.40. The molecule has 1 fully saturated rings. The fourth-order valence-corrected chi connectivity index (χ4v) is 2.80. The summed E-state index contributed by atoms with van der Waals surface area (Å²) in [5.74, 6) is -0.821. The van der Waals surface area contributed by atoms with Gasteiger partial charge in [0.25, 0.3) is 0 Å². The second-order valence-electron chi connectivity index (χ2n) is 6.50. The largest absolute Gasteiger partial charge is 0.351 e. The fourth-order valence-electron chi connectivity index (χ4n) is 2.80. The number of benzene rings is 2. The van der Waals surface area contributed by atoms with Crippen LogP contribution in [0, 0.1) is 11.2 Å². The topological polar surface area (TPSA) is 58.2 Å². The Hall–Kier alpha value is -2.69. The zero-order chi connectivity index (χ0) is 17.9. The van der Waals surface area contributed by atoms with Gasteiger partial charge in [-0.25, -0.2) is 4.39 Å². The van der Waals surface area contributed by atoms with E-state index in [4.69, 9.17) is 0 Å². The van der Waals surface area contributed by atoms with E-state index < -0.39 is 5.41 Å². The van der Waals surface area contributed by atoms with Gasteiger partial charge in [-0.15, -0.1) is 0 Å². The number of amides is 2. The Morgan fingerprint density at radius 3 is 2.28 bits per heavy atom. The van der Waals surface area contributed by atoms with Gasteiger partial charge in [-0.3, -0.25) is 9.59 Å². The molecule has 1 atom stereocenters. The number of halogens is 1. The fraction of sp³-hybridized carbons (Fsp3) is 0.300. The number of carbonyl (C=O) groups excluding carboxylic acids is 2. The third kappa shape index (κ3) is 3.87. The van der Waals surface area contributed by atoms with E-state index in [1.165, 1.54) is 12.1 Å². The third-order valence-electron chi connectivity index (χ3n) is 4.63. The first-order chi connectivity index (χ1) is 12.0. The van der Waals surface area contributed by atoms with Crippen molar-refractivity contribution in [1.82, 2.24) is 10.6 Å². The molecule has 1 aliphatic carbocycles. The van der Waals surface area contributed by atoms with Crippen molar-refractivity contribution < 1.29 is 14.0 Å². The molecule has 0 aliphatic heterocycles. The highest BCUT2D eigenvalue weighted by Crippen LogP contribution is 2.46. The van der Waals surface area contributed by atoms with Gasteiger partial charge in [0.15, 0.2) is 0 Å². The zero-order valence-electron chi connectivity index (χ0n) is 14.1. The van der Waals surface area contributed by atoms with Gasteiger partial charge in [0.1, 0.15) is 11.2 Å². The molecule has 25 heavy (non-hydrogen) atoms. The maximum atomic E-state index is 12.9. The van der Waals surface area contributed by atoms with Crippen LogP contribution in [0.1, 0.15) is 36.9 Å². The molecule has 0 heterocycles. The predicted octanol–water partition coefficient (Wildman–Crippen LogP) is 3.10. The van der Waals surface area contributed by atoms with Crippen LogP contribution in [-0.4, -0.2) is 11.8 Å². The number of rotatable bonds is 6. The molecule has 0 bridgehead atoms. The molecular weight excluding hydrogens is 319 g/mol. The smallest absolute Gasteiger partial charge is 0.236 e. The average Bonchev–Trinajstić information content (AvgIpc) is 3.44. The highest BCUT2D eigenvalue weighted by molar-refractivity contribution is 6.07. The van der Waals surface area contributed by atoms with E-state index in [9.17, 15) is 14.0 Å². The lowest BCUT2D eigenvalue weighted by atomic mass is 10.0. The van der Waals surface area contributed by atoms with Crippen LogP contribution < -0.4 is 10.6 Å². The Labute approximate surface area is 146 Å². The van der Waals surface area contributed by atoms with Gasteiger partial charge >= 0.3 is 0 Å². The van der Waals surface area contributed by atoms with Crippen molar-refractivity contribution in [2.75, 3.05) is 0 Å². The Bertz CT molecular complexity index is 755. The number of hydrogen-bond donors (Lipinski definition) is 2. The minimum atomic E-state index is -0.969. The second kappa shape index (κ2) is 7.05. The van der Waals surface area contributed by atoms with Gasteiger partial charge in [-0.2, -0.15) is 0 Å². The first kappa shape index (κ1) is 17.1. The molecule has 130 valence electrons. The summed E-state index contributed by atoms with van der Waals surface area (Å²) >= 11 is 0. The second-order valence-corrected chi connectivity index (χ2v) is 6.50. The standard InChI is InChI=1S/C20H21FN2O2/c1-14(16-5-3-2-4-6-16)23-19(25)20(11-12-20)18(24)22-13-15-7-9-17(21)10-8-15/h2-10,14H,11-13H2,1H3,(H,22,24)(H,23,25). The summed E-state index contributed by atoms with van der Waals surface area (Å²) in [7, 11) is 0. The maximum Gasteiger partial charge on any atom is 0.236 e. The summed E-state index contributed by atoms with van der Waals surface area (Å²) in [6.45, 7) is 2.18. The SMILES string of the molecule is CC(NC(=O)C1(C(=O)NCc2ccc(F)cc2)CC1)c1ccccc1. The summed E-state index contributed by atoms with van der Waals surface area (Å²) in [4.78, 5) is 25.1. The molecule has 2 amide bonds. The predicted molar refractivity (Wildman–Crippen MR) is 92.9 cm³/mol. The molecule has 2 aromatic carbocycles. The number of carbonyl (C=O) groups is 2. The molecule has 1 unspecified atom stereocenters. The van der Waals surface area contributed by atoms with Crippen LogP contribution in [0.25, 0.3) is 0 Å². The first-order valence-electron chi connectivity index (χ1n) is 8.40. The molecule has 5 heteroatoms. The Kier molecular flexibility index (Phi) is 4.83. The van der Waals surface area contributed by atoms with Crippen molar-refractivity contribution >= 4 is 11.8 Å². The van der Waals surface area contributed by atoms with Gasteiger partial charge in [-0.05, 0) is 43.0 Å². The van der Waals surface area contributed by atoms with Gasteiger partial charge in [0.2, 0.25) is 11.8 Å². The number of nitrogens with one attached hydrogen (secondary N) is 2. The van der Waals surface area contributed by atoms with Crippen molar-refractivity contribution in [2.24, 2.45) is 5.41 Å². The molecule has 3 rings (SSSR count). The van der Waals surface area contributed by atoms with Crippen molar-refractivity contribution in [2.45, 2.75) is 32.4 Å². The number of hydrogen-bond acceptors (Lipinski definition) is 2. The average molecular weight is 340 g/mol. The molecule has 1 saturated carbocycles. The lowest BCUT2D eigenvalue weighted by molar-refractivity contribution is -0.137. The Balaban J connectivity index is 1.58. The summed E-state index contributed by atoms with van der Waals surface area (Å²) < 4.78 is 12.9. The van der Waals surface area contributed by atoms with E-state index in [1.54, 1.807) is 12.1 Å². The normalized spacial score (nSPS) is 15.9. The lowest BCUT2D eigenvalue weighted by Gasteiger charge is -2.19. The minimum Gasteiger partial charge on any atom is -0.351 e. The van der Waals surface area contributed by atoms with E-state index in [1.807, 2.05) is 37.3 Å². The summed E-state index contributed by atoms with van der Waals surface area (Å²) in [6, 6.07) is 15.4. The molecule has 1 aliphatic rings. The van der Waals surface area contributed by atoms with Crippen LogP contribution in [0.5, 0.6) is 0 Å². The Morgan fingerprint density at radius 1 is 1.04 bits per heavy atom. The van der Waals surface area contributed by atoms with Crippen molar-refractivity contribution in [3.8, 4) is 0 Å². The van der Waals surface area contributed by atoms with E-state index in [0.29, 0.717) is 12.8 Å². The van der Waals surface area contributed by atoms with Crippen LogP contribution in [0.15, 0.2) is 54.6 Å². The minimum absolute atomic E-state index is 0.156. The summed E-state index contributed by atoms with van der Waals surface area (Å²) in [5.41, 5.74) is 0.824. The van der Waals surface area contributed by atoms with Crippen LogP contribution in [0.2, 0.25) is 0 Å². The molecule has 0 aromatic heterocycles. The molecule has 0 saturated heterocycles. The van der Waals surface area contributed by atoms with E-state index in [-0.39, 0.29) is 30.2 Å². The van der Waals surface area contributed by atoms with Crippen molar-refractivity contribution in [3.63, 3.8) is 0 Å². The van der Waals surface area contributed by atoms with Crippen molar-refractivity contribution in [3.05, 3.63) is 71.5 Å². The van der Waals surface area contributed by atoms with Crippen LogP contribution in [-0.2, 0) is 16.1 Å². The van der Waals surface area contributed by atoms with Gasteiger partial charge in [0.05, 0.1) is 6.04 Å².